The first-order valence-electron chi connectivity index (χ1n) is 8.24. The molecule has 2 aliphatic rings. The topological polar surface area (TPSA) is 52.7 Å². The first-order valence-corrected chi connectivity index (χ1v) is 8.65. The quantitative estimate of drug-likeness (QED) is 0.517. The van der Waals surface area contributed by atoms with Crippen LogP contribution < -0.4 is 10.2 Å². The van der Waals surface area contributed by atoms with E-state index in [9.17, 15) is 9.59 Å². The number of nitrogens with zero attached hydrogens (tertiary/aromatic N) is 2. The fourth-order valence-electron chi connectivity index (χ4n) is 3.07. The Labute approximate surface area is 147 Å². The van der Waals surface area contributed by atoms with E-state index in [1.807, 2.05) is 6.07 Å². The molecule has 126 valence electrons. The number of carbonyl (C=O) groups is 2. The van der Waals surface area contributed by atoms with Crippen molar-refractivity contribution in [2.75, 3.05) is 25.0 Å². The number of likely N-dealkylation sites (N-methyl/N-ethyl adjacent to an activating group) is 1. The van der Waals surface area contributed by atoms with Crippen molar-refractivity contribution in [3.05, 3.63) is 34.9 Å². The fourth-order valence-corrected chi connectivity index (χ4v) is 3.25. The molecule has 0 atom stereocenters. The van der Waals surface area contributed by atoms with E-state index in [0.29, 0.717) is 0 Å². The number of carbonyl (C=O) groups excluding carboxylic acids is 2. The second kappa shape index (κ2) is 6.73. The van der Waals surface area contributed by atoms with E-state index in [1.54, 1.807) is 13.1 Å². The summed E-state index contributed by atoms with van der Waals surface area (Å²) in [6.45, 7) is 4.31. The van der Waals surface area contributed by atoms with Gasteiger partial charge in [0, 0.05) is 25.8 Å². The zero-order valence-corrected chi connectivity index (χ0v) is 14.8. The van der Waals surface area contributed by atoms with Crippen LogP contribution >= 0.6 is 12.2 Å². The van der Waals surface area contributed by atoms with Crippen molar-refractivity contribution in [1.29, 1.82) is 0 Å². The molecule has 3 rings (SSSR count). The van der Waals surface area contributed by atoms with Gasteiger partial charge in [0.05, 0.1) is 0 Å². The highest BCUT2D eigenvalue weighted by atomic mass is 32.1. The van der Waals surface area contributed by atoms with Crippen LogP contribution in [-0.2, 0) is 16.0 Å². The lowest BCUT2D eigenvalue weighted by Gasteiger charge is -2.25. The molecule has 2 amide bonds. The Morgan fingerprint density at radius 3 is 2.88 bits per heavy atom. The number of thiocarbonyl (C=S) groups is 1. The van der Waals surface area contributed by atoms with Crippen LogP contribution in [0.25, 0.3) is 6.08 Å². The van der Waals surface area contributed by atoms with Crippen molar-refractivity contribution in [2.45, 2.75) is 26.2 Å². The van der Waals surface area contributed by atoms with E-state index in [0.717, 1.165) is 25.1 Å². The third-order valence-electron chi connectivity index (χ3n) is 4.49. The van der Waals surface area contributed by atoms with Gasteiger partial charge in [0.1, 0.15) is 5.57 Å². The molecule has 1 fully saturated rings. The molecule has 1 saturated heterocycles. The molecule has 2 heterocycles. The van der Waals surface area contributed by atoms with Crippen LogP contribution in [0, 0.1) is 0 Å². The predicted octanol–water partition coefficient (Wildman–Crippen LogP) is 2.11. The van der Waals surface area contributed by atoms with Crippen LogP contribution in [0.4, 0.5) is 5.69 Å². The van der Waals surface area contributed by atoms with Crippen LogP contribution in [0.1, 0.15) is 30.9 Å². The van der Waals surface area contributed by atoms with Gasteiger partial charge in [-0.15, -0.1) is 0 Å². The van der Waals surface area contributed by atoms with E-state index in [4.69, 9.17) is 12.2 Å². The summed E-state index contributed by atoms with van der Waals surface area (Å²) in [5.74, 6) is -0.804. The average Bonchev–Trinajstić information content (AvgIpc) is 2.97. The minimum atomic E-state index is -0.437. The maximum Gasteiger partial charge on any atom is 0.265 e. The molecule has 1 aromatic rings. The van der Waals surface area contributed by atoms with E-state index >= 15 is 0 Å². The van der Waals surface area contributed by atoms with Crippen molar-refractivity contribution in [1.82, 2.24) is 10.2 Å². The molecular formula is C18H21N3O2S. The normalized spacial score (nSPS) is 19.1. The van der Waals surface area contributed by atoms with Crippen molar-refractivity contribution < 1.29 is 9.59 Å². The standard InChI is InChI=1S/C18H21N3O2S/c1-3-4-8-21-9-7-13-10-12(5-6-15(13)21)11-14-16(22)19-18(24)20(2)17(14)23/h5-6,10-11H,3-4,7-9H2,1-2H3,(H,19,22,24)/b14-11-. The highest BCUT2D eigenvalue weighted by Gasteiger charge is 2.30. The molecule has 1 aromatic carbocycles. The van der Waals surface area contributed by atoms with Gasteiger partial charge in [-0.05, 0) is 54.4 Å². The highest BCUT2D eigenvalue weighted by Crippen LogP contribution is 2.30. The Bertz CT molecular complexity index is 742. The van der Waals surface area contributed by atoms with Gasteiger partial charge in [-0.1, -0.05) is 19.4 Å². The molecule has 6 heteroatoms. The number of fused-ring (bicyclic) bond motifs is 1. The molecule has 0 bridgehead atoms. The molecule has 0 radical (unpaired) electrons. The maximum absolute atomic E-state index is 12.3. The molecule has 0 saturated carbocycles. The molecule has 0 aromatic heterocycles. The minimum Gasteiger partial charge on any atom is -0.371 e. The fraction of sp³-hybridized carbons (Fsp3) is 0.389. The number of hydrogen-bond acceptors (Lipinski definition) is 4. The number of rotatable bonds is 4. The number of anilines is 1. The molecule has 2 aliphatic heterocycles. The van der Waals surface area contributed by atoms with Crippen LogP contribution in [0.3, 0.4) is 0 Å². The van der Waals surface area contributed by atoms with E-state index < -0.39 is 5.91 Å². The second-order valence-corrected chi connectivity index (χ2v) is 6.55. The van der Waals surface area contributed by atoms with E-state index in [2.05, 4.69) is 29.3 Å². The Balaban J connectivity index is 1.85. The number of amides is 2. The Morgan fingerprint density at radius 1 is 1.33 bits per heavy atom. The van der Waals surface area contributed by atoms with Gasteiger partial charge in [0.15, 0.2) is 5.11 Å². The lowest BCUT2D eigenvalue weighted by molar-refractivity contribution is -0.128. The van der Waals surface area contributed by atoms with Crippen molar-refractivity contribution >= 4 is 40.9 Å². The van der Waals surface area contributed by atoms with Gasteiger partial charge in [-0.3, -0.25) is 19.8 Å². The molecule has 1 N–H and O–H groups in total. The van der Waals surface area contributed by atoms with Crippen LogP contribution in [-0.4, -0.2) is 42.0 Å². The third-order valence-corrected chi connectivity index (χ3v) is 4.87. The highest BCUT2D eigenvalue weighted by molar-refractivity contribution is 7.80. The summed E-state index contributed by atoms with van der Waals surface area (Å²) in [5, 5.41) is 2.67. The predicted molar refractivity (Wildman–Crippen MR) is 98.8 cm³/mol. The summed E-state index contributed by atoms with van der Waals surface area (Å²) in [4.78, 5) is 28.0. The maximum atomic E-state index is 12.3. The summed E-state index contributed by atoms with van der Waals surface area (Å²) in [5.41, 5.74) is 3.52. The van der Waals surface area contributed by atoms with Gasteiger partial charge in [0.2, 0.25) is 0 Å². The van der Waals surface area contributed by atoms with Gasteiger partial charge in [-0.2, -0.15) is 0 Å². The van der Waals surface area contributed by atoms with Crippen molar-refractivity contribution in [3.63, 3.8) is 0 Å². The largest absolute Gasteiger partial charge is 0.371 e. The summed E-state index contributed by atoms with van der Waals surface area (Å²) in [6.07, 6.45) is 5.01. The molecule has 0 aliphatic carbocycles. The zero-order chi connectivity index (χ0) is 17.3. The number of benzene rings is 1. The van der Waals surface area contributed by atoms with Crippen molar-refractivity contribution in [2.24, 2.45) is 0 Å². The third kappa shape index (κ3) is 3.06. The SMILES string of the molecule is CCCCN1CCc2cc(/C=C3/C(=O)NC(=S)N(C)C3=O)ccc21. The lowest BCUT2D eigenvalue weighted by atomic mass is 10.0. The molecule has 0 spiro atoms. The molecule has 5 nitrogen and oxygen atoms in total. The van der Waals surface area contributed by atoms with Crippen molar-refractivity contribution in [3.8, 4) is 0 Å². The summed E-state index contributed by atoms with van der Waals surface area (Å²) < 4.78 is 0. The summed E-state index contributed by atoms with van der Waals surface area (Å²) in [6, 6.07) is 6.12. The second-order valence-electron chi connectivity index (χ2n) is 6.16. The molecular weight excluding hydrogens is 322 g/mol. The van der Waals surface area contributed by atoms with Crippen LogP contribution in [0.5, 0.6) is 0 Å². The van der Waals surface area contributed by atoms with Gasteiger partial charge >= 0.3 is 0 Å². The van der Waals surface area contributed by atoms with Crippen LogP contribution in [0.2, 0.25) is 0 Å². The zero-order valence-electron chi connectivity index (χ0n) is 14.0. The Kier molecular flexibility index (Phi) is 4.66. The first kappa shape index (κ1) is 16.6. The van der Waals surface area contributed by atoms with Crippen LogP contribution in [0.15, 0.2) is 23.8 Å². The monoisotopic (exact) mass is 343 g/mol. The Morgan fingerprint density at radius 2 is 2.12 bits per heavy atom. The summed E-state index contributed by atoms with van der Waals surface area (Å²) >= 11 is 4.95. The van der Waals surface area contributed by atoms with Gasteiger partial charge in [-0.25, -0.2) is 0 Å². The number of unbranched alkanes of at least 4 members (excludes halogenated alkanes) is 1. The summed E-state index contributed by atoms with van der Waals surface area (Å²) in [7, 11) is 1.56. The van der Waals surface area contributed by atoms with E-state index in [1.165, 1.54) is 29.0 Å². The lowest BCUT2D eigenvalue weighted by Crippen LogP contribution is -2.52. The minimum absolute atomic E-state index is 0.117. The van der Waals surface area contributed by atoms with Gasteiger partial charge in [0.25, 0.3) is 11.8 Å². The molecule has 0 unspecified atom stereocenters. The van der Waals surface area contributed by atoms with E-state index in [-0.39, 0.29) is 16.6 Å². The smallest absolute Gasteiger partial charge is 0.265 e. The number of hydrogen-bond donors (Lipinski definition) is 1. The molecule has 24 heavy (non-hydrogen) atoms. The van der Waals surface area contributed by atoms with Gasteiger partial charge < -0.3 is 4.90 Å². The first-order chi connectivity index (χ1) is 11.5. The Hall–Kier alpha value is -2.21. The average molecular weight is 343 g/mol. The number of nitrogens with one attached hydrogen (secondary N) is 1.